The Bertz CT molecular complexity index is 553. The van der Waals surface area contributed by atoms with Gasteiger partial charge >= 0.3 is 5.97 Å². The zero-order valence-electron chi connectivity index (χ0n) is 11.1. The number of rotatable bonds is 3. The Hall–Kier alpha value is -2.10. The molecule has 2 N–H and O–H groups in total. The summed E-state index contributed by atoms with van der Waals surface area (Å²) in [5.74, 6) is -1.21. The molecule has 1 aromatic carbocycles. The molecule has 0 bridgehead atoms. The topological polar surface area (TPSA) is 66.4 Å². The van der Waals surface area contributed by atoms with E-state index < -0.39 is 5.97 Å². The maximum atomic E-state index is 12.1. The van der Waals surface area contributed by atoms with E-state index in [1.807, 2.05) is 32.1 Å². The molecule has 1 aromatic rings. The second-order valence-corrected chi connectivity index (χ2v) is 4.94. The second kappa shape index (κ2) is 5.26. The number of anilines is 1. The molecule has 1 aliphatic carbocycles. The predicted molar refractivity (Wildman–Crippen MR) is 73.4 cm³/mol. The van der Waals surface area contributed by atoms with E-state index in [1.165, 1.54) is 0 Å². The van der Waals surface area contributed by atoms with Crippen LogP contribution < -0.4 is 5.32 Å². The van der Waals surface area contributed by atoms with E-state index in [2.05, 4.69) is 5.32 Å². The van der Waals surface area contributed by atoms with Crippen molar-refractivity contribution in [1.82, 2.24) is 0 Å². The van der Waals surface area contributed by atoms with Gasteiger partial charge in [-0.2, -0.15) is 0 Å². The van der Waals surface area contributed by atoms with Gasteiger partial charge in [0.15, 0.2) is 0 Å². The molecule has 0 atom stereocenters. The normalized spacial score (nSPS) is 14.6. The number of benzene rings is 1. The van der Waals surface area contributed by atoms with Crippen molar-refractivity contribution in [3.8, 4) is 0 Å². The van der Waals surface area contributed by atoms with Gasteiger partial charge in [-0.3, -0.25) is 4.79 Å². The molecule has 0 saturated heterocycles. The van der Waals surface area contributed by atoms with Crippen LogP contribution in [0.4, 0.5) is 5.69 Å². The van der Waals surface area contributed by atoms with E-state index in [1.54, 1.807) is 6.07 Å². The van der Waals surface area contributed by atoms with Crippen LogP contribution in [0, 0.1) is 19.8 Å². The lowest BCUT2D eigenvalue weighted by Crippen LogP contribution is -2.22. The first-order valence-electron chi connectivity index (χ1n) is 6.29. The van der Waals surface area contributed by atoms with Crippen molar-refractivity contribution in [2.24, 2.45) is 5.92 Å². The fraction of sp³-hybridized carbons (Fsp3) is 0.333. The number of carboxylic acids is 1. The van der Waals surface area contributed by atoms with Gasteiger partial charge < -0.3 is 10.4 Å². The Labute approximate surface area is 112 Å². The molecule has 0 fully saturated rings. The molecule has 19 heavy (non-hydrogen) atoms. The fourth-order valence-corrected chi connectivity index (χ4v) is 2.36. The zero-order valence-corrected chi connectivity index (χ0v) is 11.1. The van der Waals surface area contributed by atoms with E-state index in [9.17, 15) is 14.7 Å². The highest BCUT2D eigenvalue weighted by Crippen LogP contribution is 2.26. The number of allylic oxidation sites excluding steroid dienone is 2. The molecular weight excluding hydrogens is 242 g/mol. The van der Waals surface area contributed by atoms with Crippen molar-refractivity contribution in [3.05, 3.63) is 41.0 Å². The molecular formula is C15H17NO3. The van der Waals surface area contributed by atoms with Crippen molar-refractivity contribution in [2.75, 3.05) is 5.32 Å². The number of hydrogen-bond donors (Lipinski definition) is 2. The standard InChI is InChI=1S/C15H17NO3/c1-9-7-10(2)13(12(8-9)15(18)19)16-14(17)11-5-3-4-6-11/h3-4,7-8,11H,5-6H2,1-2H3,(H,16,17)(H,18,19). The molecule has 0 spiro atoms. The first-order chi connectivity index (χ1) is 8.99. The second-order valence-electron chi connectivity index (χ2n) is 4.94. The van der Waals surface area contributed by atoms with Crippen LogP contribution in [0.1, 0.15) is 34.3 Å². The van der Waals surface area contributed by atoms with Gasteiger partial charge in [0.25, 0.3) is 0 Å². The van der Waals surface area contributed by atoms with Gasteiger partial charge in [-0.05, 0) is 43.9 Å². The van der Waals surface area contributed by atoms with Crippen LogP contribution in [-0.4, -0.2) is 17.0 Å². The number of aryl methyl sites for hydroxylation is 2. The maximum Gasteiger partial charge on any atom is 0.337 e. The molecule has 4 nitrogen and oxygen atoms in total. The van der Waals surface area contributed by atoms with E-state index >= 15 is 0 Å². The van der Waals surface area contributed by atoms with Crippen LogP contribution in [0.3, 0.4) is 0 Å². The van der Waals surface area contributed by atoms with Crippen LogP contribution in [0.15, 0.2) is 24.3 Å². The lowest BCUT2D eigenvalue weighted by Gasteiger charge is -2.15. The van der Waals surface area contributed by atoms with Crippen molar-refractivity contribution in [3.63, 3.8) is 0 Å². The van der Waals surface area contributed by atoms with Gasteiger partial charge in [0.05, 0.1) is 11.3 Å². The molecule has 100 valence electrons. The molecule has 1 aliphatic rings. The van der Waals surface area contributed by atoms with Crippen LogP contribution in [0.5, 0.6) is 0 Å². The zero-order chi connectivity index (χ0) is 14.0. The molecule has 0 unspecified atom stereocenters. The van der Waals surface area contributed by atoms with Gasteiger partial charge in [-0.1, -0.05) is 18.2 Å². The summed E-state index contributed by atoms with van der Waals surface area (Å²) in [7, 11) is 0. The van der Waals surface area contributed by atoms with Crippen LogP contribution in [0.25, 0.3) is 0 Å². The SMILES string of the molecule is Cc1cc(C)c(NC(=O)C2CC=CC2)c(C(=O)O)c1. The Balaban J connectivity index is 2.28. The molecule has 4 heteroatoms. The first kappa shape index (κ1) is 13.3. The molecule has 2 rings (SSSR count). The highest BCUT2D eigenvalue weighted by molar-refractivity contribution is 6.02. The van der Waals surface area contributed by atoms with Crippen LogP contribution in [-0.2, 0) is 4.79 Å². The summed E-state index contributed by atoms with van der Waals surface area (Å²) in [5, 5.41) is 12.0. The smallest absolute Gasteiger partial charge is 0.337 e. The Morgan fingerprint density at radius 3 is 2.42 bits per heavy atom. The summed E-state index contributed by atoms with van der Waals surface area (Å²) < 4.78 is 0. The number of hydrogen-bond acceptors (Lipinski definition) is 2. The van der Waals surface area contributed by atoms with Gasteiger partial charge in [-0.15, -0.1) is 0 Å². The highest BCUT2D eigenvalue weighted by atomic mass is 16.4. The number of carboxylic acid groups (broad SMARTS) is 1. The van der Waals surface area contributed by atoms with Crippen molar-refractivity contribution in [1.29, 1.82) is 0 Å². The number of carbonyl (C=O) groups is 2. The van der Waals surface area contributed by atoms with Crippen molar-refractivity contribution < 1.29 is 14.7 Å². The lowest BCUT2D eigenvalue weighted by molar-refractivity contribution is -0.119. The first-order valence-corrected chi connectivity index (χ1v) is 6.29. The summed E-state index contributed by atoms with van der Waals surface area (Å²) >= 11 is 0. The third kappa shape index (κ3) is 2.84. The average Bonchev–Trinajstić information content (AvgIpc) is 2.85. The molecule has 1 amide bonds. The summed E-state index contributed by atoms with van der Waals surface area (Å²) in [6.07, 6.45) is 5.40. The summed E-state index contributed by atoms with van der Waals surface area (Å²) in [6.45, 7) is 3.65. The van der Waals surface area contributed by atoms with E-state index in [0.29, 0.717) is 5.69 Å². The Morgan fingerprint density at radius 1 is 1.21 bits per heavy atom. The summed E-state index contributed by atoms with van der Waals surface area (Å²) in [4.78, 5) is 23.3. The van der Waals surface area contributed by atoms with Crippen LogP contribution in [0.2, 0.25) is 0 Å². The monoisotopic (exact) mass is 259 g/mol. The average molecular weight is 259 g/mol. The highest BCUT2D eigenvalue weighted by Gasteiger charge is 2.22. The molecule has 0 saturated carbocycles. The third-order valence-corrected chi connectivity index (χ3v) is 3.34. The van der Waals surface area contributed by atoms with Crippen molar-refractivity contribution >= 4 is 17.6 Å². The van der Waals surface area contributed by atoms with Gasteiger partial charge in [0.1, 0.15) is 0 Å². The minimum atomic E-state index is -1.02. The number of nitrogens with one attached hydrogen (secondary N) is 1. The van der Waals surface area contributed by atoms with Gasteiger partial charge in [0, 0.05) is 5.92 Å². The Morgan fingerprint density at radius 2 is 1.84 bits per heavy atom. The molecule has 0 heterocycles. The maximum absolute atomic E-state index is 12.1. The third-order valence-electron chi connectivity index (χ3n) is 3.34. The van der Waals surface area contributed by atoms with E-state index in [-0.39, 0.29) is 17.4 Å². The fourth-order valence-electron chi connectivity index (χ4n) is 2.36. The van der Waals surface area contributed by atoms with Gasteiger partial charge in [0.2, 0.25) is 5.91 Å². The quantitative estimate of drug-likeness (QED) is 0.820. The predicted octanol–water partition coefficient (Wildman–Crippen LogP) is 2.91. The number of aromatic carboxylic acids is 1. The van der Waals surface area contributed by atoms with E-state index in [4.69, 9.17) is 0 Å². The van der Waals surface area contributed by atoms with Gasteiger partial charge in [-0.25, -0.2) is 4.79 Å². The Kier molecular flexibility index (Phi) is 3.69. The largest absolute Gasteiger partial charge is 0.478 e. The lowest BCUT2D eigenvalue weighted by atomic mass is 10.0. The minimum absolute atomic E-state index is 0.0812. The van der Waals surface area contributed by atoms with E-state index in [0.717, 1.165) is 24.0 Å². The van der Waals surface area contributed by atoms with Crippen LogP contribution >= 0.6 is 0 Å². The van der Waals surface area contributed by atoms with Crippen molar-refractivity contribution in [2.45, 2.75) is 26.7 Å². The molecule has 0 radical (unpaired) electrons. The summed E-state index contributed by atoms with van der Waals surface area (Å²) in [5.41, 5.74) is 2.21. The molecule has 0 aliphatic heterocycles. The number of carbonyl (C=O) groups excluding carboxylic acids is 1. The minimum Gasteiger partial charge on any atom is -0.478 e. The number of amides is 1. The summed E-state index contributed by atoms with van der Waals surface area (Å²) in [6, 6.07) is 3.45. The molecule has 0 aromatic heterocycles.